The maximum atomic E-state index is 12.2. The van der Waals surface area contributed by atoms with E-state index in [0.29, 0.717) is 25.6 Å². The Kier molecular flexibility index (Phi) is 5.45. The zero-order chi connectivity index (χ0) is 17.7. The number of hydrogen-bond acceptors (Lipinski definition) is 6. The van der Waals surface area contributed by atoms with Gasteiger partial charge in [0.2, 0.25) is 17.6 Å². The number of rotatable bonds is 6. The lowest BCUT2D eigenvalue weighted by Crippen LogP contribution is -2.44. The van der Waals surface area contributed by atoms with Crippen LogP contribution in [0.2, 0.25) is 0 Å². The van der Waals surface area contributed by atoms with Gasteiger partial charge >= 0.3 is 0 Å². The Morgan fingerprint density at radius 1 is 1.32 bits per heavy atom. The van der Waals surface area contributed by atoms with Gasteiger partial charge in [-0.1, -0.05) is 29.4 Å². The summed E-state index contributed by atoms with van der Waals surface area (Å²) in [7, 11) is 0. The topological polar surface area (TPSA) is 97.5 Å². The van der Waals surface area contributed by atoms with Crippen molar-refractivity contribution in [3.8, 4) is 11.4 Å². The molecule has 0 spiro atoms. The van der Waals surface area contributed by atoms with Crippen molar-refractivity contribution < 1.29 is 19.2 Å². The number of aromatic nitrogens is 2. The van der Waals surface area contributed by atoms with E-state index in [0.717, 1.165) is 24.0 Å². The second kappa shape index (κ2) is 7.76. The first kappa shape index (κ1) is 17.6. The van der Waals surface area contributed by atoms with E-state index in [1.165, 1.54) is 0 Å². The van der Waals surface area contributed by atoms with E-state index in [2.05, 4.69) is 15.5 Å². The Hall–Kier alpha value is -2.25. The lowest BCUT2D eigenvalue weighted by atomic mass is 9.81. The van der Waals surface area contributed by atoms with Crippen LogP contribution in [0.15, 0.2) is 28.8 Å². The van der Waals surface area contributed by atoms with E-state index in [4.69, 9.17) is 9.26 Å². The van der Waals surface area contributed by atoms with Crippen molar-refractivity contribution in [2.45, 2.75) is 26.2 Å². The summed E-state index contributed by atoms with van der Waals surface area (Å²) in [6, 6.07) is 7.74. The molecule has 3 rings (SSSR count). The molecule has 134 valence electrons. The molecule has 2 N–H and O–H groups in total. The maximum absolute atomic E-state index is 12.2. The van der Waals surface area contributed by atoms with Crippen LogP contribution in [0.3, 0.4) is 0 Å². The summed E-state index contributed by atoms with van der Waals surface area (Å²) in [6.07, 6.45) is 1.50. The Labute approximate surface area is 146 Å². The van der Waals surface area contributed by atoms with E-state index in [1.54, 1.807) is 0 Å². The first-order chi connectivity index (χ1) is 12.1. The van der Waals surface area contributed by atoms with Crippen LogP contribution in [0.25, 0.3) is 11.4 Å². The first-order valence-corrected chi connectivity index (χ1v) is 8.46. The number of carbonyl (C=O) groups excluding carboxylic acids is 1. The van der Waals surface area contributed by atoms with E-state index in [9.17, 15) is 9.90 Å². The zero-order valence-electron chi connectivity index (χ0n) is 14.3. The number of aliphatic hydroxyl groups excluding tert-OH is 1. The van der Waals surface area contributed by atoms with Gasteiger partial charge in [0, 0.05) is 30.7 Å². The van der Waals surface area contributed by atoms with E-state index < -0.39 is 0 Å². The van der Waals surface area contributed by atoms with Crippen LogP contribution in [0.1, 0.15) is 24.3 Å². The van der Waals surface area contributed by atoms with Crippen LogP contribution in [0.5, 0.6) is 0 Å². The van der Waals surface area contributed by atoms with Crippen molar-refractivity contribution in [3.63, 3.8) is 0 Å². The monoisotopic (exact) mass is 345 g/mol. The molecule has 1 aliphatic heterocycles. The summed E-state index contributed by atoms with van der Waals surface area (Å²) in [5, 5.41) is 16.5. The molecule has 0 unspecified atom stereocenters. The van der Waals surface area contributed by atoms with Gasteiger partial charge in [-0.05, 0) is 25.3 Å². The first-order valence-electron chi connectivity index (χ1n) is 8.46. The van der Waals surface area contributed by atoms with Crippen molar-refractivity contribution in [2.75, 3.05) is 26.4 Å². The summed E-state index contributed by atoms with van der Waals surface area (Å²) in [5.74, 6) is 0.567. The minimum atomic E-state index is -0.297. The second-order valence-corrected chi connectivity index (χ2v) is 6.55. The SMILES string of the molecule is Cc1ccccc1-c1noc(CC(=O)NCC2(CO)CCOCC2)n1. The van der Waals surface area contributed by atoms with E-state index >= 15 is 0 Å². The third-order valence-electron chi connectivity index (χ3n) is 4.72. The molecule has 1 amide bonds. The maximum Gasteiger partial charge on any atom is 0.236 e. The lowest BCUT2D eigenvalue weighted by Gasteiger charge is -2.35. The molecule has 2 aromatic rings. The molecule has 7 nitrogen and oxygen atoms in total. The quantitative estimate of drug-likeness (QED) is 0.823. The van der Waals surface area contributed by atoms with Crippen LogP contribution in [0, 0.1) is 12.3 Å². The number of aliphatic hydroxyl groups is 1. The molecule has 1 fully saturated rings. The molecule has 0 atom stereocenters. The van der Waals surface area contributed by atoms with Gasteiger partial charge in [0.15, 0.2) is 0 Å². The van der Waals surface area contributed by atoms with Crippen LogP contribution >= 0.6 is 0 Å². The van der Waals surface area contributed by atoms with Crippen molar-refractivity contribution >= 4 is 5.91 Å². The highest BCUT2D eigenvalue weighted by molar-refractivity contribution is 5.77. The van der Waals surface area contributed by atoms with Gasteiger partial charge in [0.25, 0.3) is 0 Å². The summed E-state index contributed by atoms with van der Waals surface area (Å²) in [4.78, 5) is 16.5. The normalized spacial score (nSPS) is 16.6. The molecule has 0 bridgehead atoms. The Balaban J connectivity index is 1.58. The van der Waals surface area contributed by atoms with Crippen molar-refractivity contribution in [3.05, 3.63) is 35.7 Å². The molecule has 2 heterocycles. The molecular weight excluding hydrogens is 322 g/mol. The molecule has 0 saturated carbocycles. The van der Waals surface area contributed by atoms with E-state index in [-0.39, 0.29) is 30.2 Å². The number of nitrogens with zero attached hydrogens (tertiary/aromatic N) is 2. The van der Waals surface area contributed by atoms with Gasteiger partial charge in [-0.3, -0.25) is 4.79 Å². The molecular formula is C18H23N3O4. The van der Waals surface area contributed by atoms with Gasteiger partial charge in [-0.15, -0.1) is 0 Å². The summed E-state index contributed by atoms with van der Waals surface area (Å²) >= 11 is 0. The molecule has 7 heteroatoms. The molecule has 25 heavy (non-hydrogen) atoms. The number of hydrogen-bond donors (Lipinski definition) is 2. The summed E-state index contributed by atoms with van der Waals surface area (Å²) in [5.41, 5.74) is 1.64. The third-order valence-corrected chi connectivity index (χ3v) is 4.72. The molecule has 1 aromatic heterocycles. The standard InChI is InChI=1S/C18H23N3O4/c1-13-4-2-3-5-14(13)17-20-16(25-21-17)10-15(23)19-11-18(12-22)6-8-24-9-7-18/h2-5,22H,6-12H2,1H3,(H,19,23). The average Bonchev–Trinajstić information content (AvgIpc) is 3.09. The van der Waals surface area contributed by atoms with Crippen LogP contribution < -0.4 is 5.32 Å². The van der Waals surface area contributed by atoms with Crippen molar-refractivity contribution in [1.29, 1.82) is 0 Å². The average molecular weight is 345 g/mol. The Morgan fingerprint density at radius 3 is 2.80 bits per heavy atom. The number of nitrogens with one attached hydrogen (secondary N) is 1. The van der Waals surface area contributed by atoms with Crippen LogP contribution in [0.4, 0.5) is 0 Å². The molecule has 1 aliphatic rings. The molecule has 1 aromatic carbocycles. The van der Waals surface area contributed by atoms with Gasteiger partial charge in [-0.2, -0.15) is 4.98 Å². The summed E-state index contributed by atoms with van der Waals surface area (Å²) < 4.78 is 10.5. The Morgan fingerprint density at radius 2 is 2.08 bits per heavy atom. The summed E-state index contributed by atoms with van der Waals surface area (Å²) in [6.45, 7) is 3.65. The van der Waals surface area contributed by atoms with E-state index in [1.807, 2.05) is 31.2 Å². The molecule has 1 saturated heterocycles. The fourth-order valence-corrected chi connectivity index (χ4v) is 2.94. The van der Waals surface area contributed by atoms with Gasteiger partial charge in [-0.25, -0.2) is 0 Å². The lowest BCUT2D eigenvalue weighted by molar-refractivity contribution is -0.122. The number of aryl methyl sites for hydroxylation is 1. The fourth-order valence-electron chi connectivity index (χ4n) is 2.94. The number of carbonyl (C=O) groups is 1. The molecule has 0 aliphatic carbocycles. The smallest absolute Gasteiger partial charge is 0.236 e. The van der Waals surface area contributed by atoms with Crippen molar-refractivity contribution in [2.24, 2.45) is 5.41 Å². The van der Waals surface area contributed by atoms with Gasteiger partial charge in [0.05, 0.1) is 6.61 Å². The number of amides is 1. The number of benzene rings is 1. The van der Waals surface area contributed by atoms with Gasteiger partial charge in [0.1, 0.15) is 6.42 Å². The highest BCUT2D eigenvalue weighted by Crippen LogP contribution is 2.29. The van der Waals surface area contributed by atoms with Crippen LogP contribution in [-0.2, 0) is 16.0 Å². The predicted octanol–water partition coefficient (Wildman–Crippen LogP) is 1.49. The molecule has 0 radical (unpaired) electrons. The fraction of sp³-hybridized carbons (Fsp3) is 0.500. The second-order valence-electron chi connectivity index (χ2n) is 6.55. The van der Waals surface area contributed by atoms with Crippen LogP contribution in [-0.4, -0.2) is 47.5 Å². The highest BCUT2D eigenvalue weighted by Gasteiger charge is 2.32. The highest BCUT2D eigenvalue weighted by atomic mass is 16.5. The Bertz CT molecular complexity index is 723. The minimum absolute atomic E-state index is 0.0247. The largest absolute Gasteiger partial charge is 0.396 e. The number of ether oxygens (including phenoxy) is 1. The third kappa shape index (κ3) is 4.24. The van der Waals surface area contributed by atoms with Crippen molar-refractivity contribution in [1.82, 2.24) is 15.5 Å². The zero-order valence-corrected chi connectivity index (χ0v) is 14.3. The minimum Gasteiger partial charge on any atom is -0.396 e. The van der Waals surface area contributed by atoms with Gasteiger partial charge < -0.3 is 19.7 Å². The predicted molar refractivity (Wildman–Crippen MR) is 90.8 cm³/mol.